The van der Waals surface area contributed by atoms with Crippen molar-refractivity contribution in [2.75, 3.05) is 5.32 Å². The fraction of sp³-hybridized carbons (Fsp3) is 0. The molecule has 9 aromatic carbocycles. The quantitative estimate of drug-likeness (QED) is 0.0253. The van der Waals surface area contributed by atoms with Gasteiger partial charge in [0.25, 0.3) is 50.6 Å². The molecule has 0 spiro atoms. The van der Waals surface area contributed by atoms with Gasteiger partial charge in [0.15, 0.2) is 17.2 Å². The number of fused-ring (bicyclic) bond motifs is 3. The number of nitrogens with one attached hydrogen (secondary N) is 1. The lowest BCUT2D eigenvalue weighted by Crippen LogP contribution is -2.11. The van der Waals surface area contributed by atoms with E-state index in [9.17, 15) is 83.5 Å². The van der Waals surface area contributed by atoms with Crippen LogP contribution in [-0.4, -0.2) is 83.5 Å². The fourth-order valence-corrected chi connectivity index (χ4v) is 12.2. The molecule has 0 aliphatic rings. The zero-order valence-electron chi connectivity index (χ0n) is 40.0. The smallest absolute Gasteiger partial charge is 0.339 e. The topological polar surface area (TPSA) is 442 Å². The molecule has 0 aromatic heterocycles. The summed E-state index contributed by atoms with van der Waals surface area (Å²) in [6.45, 7) is 0. The van der Waals surface area contributed by atoms with Gasteiger partial charge in [-0.05, 0) is 102 Å². The third kappa shape index (κ3) is 11.9. The lowest BCUT2D eigenvalue weighted by atomic mass is 10.0. The van der Waals surface area contributed by atoms with Gasteiger partial charge in [0.05, 0.1) is 16.3 Å². The summed E-state index contributed by atoms with van der Waals surface area (Å²) in [5, 5.41) is 47.2. The van der Waals surface area contributed by atoms with Crippen molar-refractivity contribution in [3.05, 3.63) is 152 Å². The maximum Gasteiger partial charge on any atom is 0.339 e. The zero-order chi connectivity index (χ0) is 58.6. The molecule has 0 saturated carbocycles. The molecule has 0 unspecified atom stereocenters. The van der Waals surface area contributed by atoms with Crippen LogP contribution in [0.2, 0.25) is 0 Å². The molecule has 0 amide bonds. The standard InChI is InChI=1S/C48H33N7O20S6/c56-46-31-16-15-28(21-26(31)22-41(78(64,65)66)44(46)55-51-36-13-7-8-14-40(36)77(61,62)63)50-54-45-42(79(67,68)69)25-34-33(47(45)57)18-19-37(49-27-9-3-1-4-10-27)43(34)53-52-38-20-17-32-35(48(38)80(70,71)72)23-30(76(58,59)60)24-39(32)75-81(73,74)29-11-5-2-6-12-29/h1-25,49,56-57H,(H,58,59,60)(H,61,62,63)(H,64,65,66)(H,67,68,69)(H,70,71,72). The fourth-order valence-electron chi connectivity index (χ4n) is 8.01. The number of anilines is 2. The van der Waals surface area contributed by atoms with Crippen molar-refractivity contribution in [1.29, 1.82) is 0 Å². The Labute approximate surface area is 457 Å². The number of nitrogens with zero attached hydrogens (tertiary/aromatic N) is 6. The largest absolute Gasteiger partial charge is 0.505 e. The third-order valence-corrected chi connectivity index (χ3v) is 17.2. The summed E-state index contributed by atoms with van der Waals surface area (Å²) in [5.41, 5.74) is -3.39. The van der Waals surface area contributed by atoms with E-state index in [4.69, 9.17) is 4.18 Å². The van der Waals surface area contributed by atoms with Crippen LogP contribution in [0.25, 0.3) is 32.3 Å². The molecule has 0 aliphatic carbocycles. The van der Waals surface area contributed by atoms with Crippen molar-refractivity contribution in [3.63, 3.8) is 0 Å². The highest BCUT2D eigenvalue weighted by Gasteiger charge is 2.29. The lowest BCUT2D eigenvalue weighted by molar-refractivity contribution is 0.472. The van der Waals surface area contributed by atoms with Crippen molar-refractivity contribution < 1.29 is 87.7 Å². The van der Waals surface area contributed by atoms with Gasteiger partial charge in [-0.25, -0.2) is 0 Å². The van der Waals surface area contributed by atoms with E-state index in [1.54, 1.807) is 30.3 Å². The molecule has 0 heterocycles. The summed E-state index contributed by atoms with van der Waals surface area (Å²) < 4.78 is 210. The summed E-state index contributed by atoms with van der Waals surface area (Å²) in [4.78, 5) is -5.64. The second-order valence-corrected chi connectivity index (χ2v) is 25.3. The van der Waals surface area contributed by atoms with Crippen LogP contribution in [0.4, 0.5) is 45.5 Å². The highest BCUT2D eigenvalue weighted by atomic mass is 32.2. The van der Waals surface area contributed by atoms with Gasteiger partial charge < -0.3 is 19.7 Å². The summed E-state index contributed by atoms with van der Waals surface area (Å²) in [7, 11) is -31.2. The average molecular weight is 1220 g/mol. The van der Waals surface area contributed by atoms with E-state index >= 15 is 0 Å². The predicted molar refractivity (Wildman–Crippen MR) is 287 cm³/mol. The summed E-state index contributed by atoms with van der Waals surface area (Å²) in [6.07, 6.45) is 0. The van der Waals surface area contributed by atoms with E-state index in [-0.39, 0.29) is 32.9 Å². The minimum atomic E-state index is -5.56. The monoisotopic (exact) mass is 1220 g/mol. The molecule has 9 aromatic rings. The van der Waals surface area contributed by atoms with Gasteiger partial charge in [0.2, 0.25) is 0 Å². The van der Waals surface area contributed by atoms with E-state index in [0.717, 1.165) is 66.7 Å². The van der Waals surface area contributed by atoms with Gasteiger partial charge in [-0.15, -0.1) is 25.6 Å². The molecule has 0 atom stereocenters. The van der Waals surface area contributed by atoms with E-state index < -0.39 is 147 Å². The molecule has 0 radical (unpaired) electrons. The first-order valence-electron chi connectivity index (χ1n) is 22.2. The Morgan fingerprint density at radius 1 is 0.383 bits per heavy atom. The van der Waals surface area contributed by atoms with Crippen LogP contribution in [0.5, 0.6) is 17.2 Å². The Morgan fingerprint density at radius 2 is 0.926 bits per heavy atom. The maximum atomic E-state index is 13.3. The van der Waals surface area contributed by atoms with Crippen molar-refractivity contribution in [3.8, 4) is 17.2 Å². The van der Waals surface area contributed by atoms with Gasteiger partial charge in [-0.3, -0.25) is 22.8 Å². The molecule has 9 rings (SSSR count). The van der Waals surface area contributed by atoms with Crippen LogP contribution in [0.1, 0.15) is 0 Å². The first-order valence-corrected chi connectivity index (χ1v) is 30.8. The second kappa shape index (κ2) is 21.1. The number of aromatic hydroxyl groups is 2. The van der Waals surface area contributed by atoms with Crippen LogP contribution < -0.4 is 9.50 Å². The van der Waals surface area contributed by atoms with Gasteiger partial charge >= 0.3 is 10.1 Å². The highest BCUT2D eigenvalue weighted by molar-refractivity contribution is 7.87. The molecule has 416 valence electrons. The molecule has 81 heavy (non-hydrogen) atoms. The third-order valence-electron chi connectivity index (χ3n) is 11.6. The number of para-hydroxylation sites is 1. The molecule has 0 fully saturated rings. The molecule has 0 bridgehead atoms. The van der Waals surface area contributed by atoms with E-state index in [1.807, 2.05) is 0 Å². The Morgan fingerprint density at radius 3 is 1.56 bits per heavy atom. The van der Waals surface area contributed by atoms with E-state index in [1.165, 1.54) is 42.5 Å². The number of hydrogen-bond acceptors (Lipinski definition) is 22. The first kappa shape index (κ1) is 57.0. The maximum absolute atomic E-state index is 13.3. The van der Waals surface area contributed by atoms with Gasteiger partial charge in [0, 0.05) is 38.7 Å². The van der Waals surface area contributed by atoms with Crippen molar-refractivity contribution >= 4 is 139 Å². The van der Waals surface area contributed by atoms with Crippen LogP contribution in [-0.2, 0) is 60.7 Å². The number of phenolic OH excluding ortho intramolecular Hbond substituents is 2. The predicted octanol–water partition coefficient (Wildman–Crippen LogP) is 10.5. The van der Waals surface area contributed by atoms with Crippen molar-refractivity contribution in [2.24, 2.45) is 30.7 Å². The normalized spacial score (nSPS) is 13.0. The van der Waals surface area contributed by atoms with E-state index in [0.29, 0.717) is 17.8 Å². The average Bonchev–Trinajstić information content (AvgIpc) is 3.20. The molecule has 27 nitrogen and oxygen atoms in total. The number of benzene rings is 9. The molecule has 0 aliphatic heterocycles. The Balaban J connectivity index is 1.19. The summed E-state index contributed by atoms with van der Waals surface area (Å²) in [6, 6.07) is 29.7. The van der Waals surface area contributed by atoms with Gasteiger partial charge in [0.1, 0.15) is 52.9 Å². The molecule has 33 heteroatoms. The van der Waals surface area contributed by atoms with E-state index in [2.05, 4.69) is 36.0 Å². The minimum Gasteiger partial charge on any atom is -0.505 e. The van der Waals surface area contributed by atoms with Crippen LogP contribution in [0.15, 0.2) is 212 Å². The number of hydrogen-bond donors (Lipinski definition) is 8. The Bertz CT molecular complexity index is 4940. The van der Waals surface area contributed by atoms with Crippen molar-refractivity contribution in [2.45, 2.75) is 29.4 Å². The molecule has 0 saturated heterocycles. The van der Waals surface area contributed by atoms with Crippen molar-refractivity contribution in [1.82, 2.24) is 0 Å². The van der Waals surface area contributed by atoms with Crippen LogP contribution in [0.3, 0.4) is 0 Å². The molecule has 8 N–H and O–H groups in total. The summed E-state index contributed by atoms with van der Waals surface area (Å²) in [5.74, 6) is -2.74. The Kier molecular flexibility index (Phi) is 14.8. The summed E-state index contributed by atoms with van der Waals surface area (Å²) >= 11 is 0. The zero-order valence-corrected chi connectivity index (χ0v) is 44.9. The second-order valence-electron chi connectivity index (χ2n) is 16.8. The first-order chi connectivity index (χ1) is 37.9. The molecular formula is C48H33N7O20S6. The lowest BCUT2D eigenvalue weighted by Gasteiger charge is -2.15. The van der Waals surface area contributed by atoms with Crippen LogP contribution >= 0.6 is 0 Å². The van der Waals surface area contributed by atoms with Gasteiger partial charge in [-0.1, -0.05) is 48.5 Å². The molecular weight excluding hydrogens is 1190 g/mol. The minimum absolute atomic E-state index is 0.0478. The number of azo groups is 3. The number of phenols is 2. The SMILES string of the molecule is O=S(=O)(O)c1cc(OS(=O)(=O)c2ccccc2)c2ccc(N=Nc3c(Nc4ccccc4)ccc4c(O)c(N=Nc5ccc6c(O)c(N=Nc7ccccc7S(=O)(=O)O)c(S(=O)(=O)O)cc6c5)c(S(=O)(=O)O)cc34)c(S(=O)(=O)O)c2c1. The Hall–Kier alpha value is -8.74. The number of rotatable bonds is 16. The van der Waals surface area contributed by atoms with Gasteiger partial charge in [-0.2, -0.15) is 55.6 Å². The van der Waals surface area contributed by atoms with Crippen LogP contribution in [0, 0.1) is 0 Å². The highest BCUT2D eigenvalue weighted by Crippen LogP contribution is 2.49.